The zero-order chi connectivity index (χ0) is 25.0. The molecule has 2 atom stereocenters. The van der Waals surface area contributed by atoms with E-state index in [4.69, 9.17) is 14.2 Å². The molecule has 0 unspecified atom stereocenters. The summed E-state index contributed by atoms with van der Waals surface area (Å²) in [5.41, 5.74) is 2.12. The number of carbonyl (C=O) groups excluding carboxylic acids is 1. The molecule has 0 saturated carbocycles. The Morgan fingerprint density at radius 2 is 1.72 bits per heavy atom. The van der Waals surface area contributed by atoms with Crippen molar-refractivity contribution in [3.8, 4) is 11.5 Å². The molecule has 2 aliphatic rings. The molecule has 6 heteroatoms. The average molecular weight is 495 g/mol. The van der Waals surface area contributed by atoms with Gasteiger partial charge < -0.3 is 24.4 Å². The third kappa shape index (κ3) is 7.97. The average Bonchev–Trinajstić information content (AvgIpc) is 3.42. The van der Waals surface area contributed by atoms with Gasteiger partial charge >= 0.3 is 0 Å². The van der Waals surface area contributed by atoms with E-state index in [-0.39, 0.29) is 18.1 Å². The van der Waals surface area contributed by atoms with Gasteiger partial charge in [0.2, 0.25) is 5.91 Å². The third-order valence-electron chi connectivity index (χ3n) is 7.04. The predicted octanol–water partition coefficient (Wildman–Crippen LogP) is 5.66. The van der Waals surface area contributed by atoms with Crippen molar-refractivity contribution in [2.75, 3.05) is 32.8 Å². The van der Waals surface area contributed by atoms with Crippen LogP contribution in [-0.4, -0.2) is 49.7 Å². The van der Waals surface area contributed by atoms with E-state index >= 15 is 0 Å². The molecule has 1 fully saturated rings. The lowest BCUT2D eigenvalue weighted by molar-refractivity contribution is -0.123. The van der Waals surface area contributed by atoms with Crippen LogP contribution in [-0.2, 0) is 16.1 Å². The lowest BCUT2D eigenvalue weighted by Gasteiger charge is -2.32. The molecule has 0 radical (unpaired) electrons. The van der Waals surface area contributed by atoms with Crippen LogP contribution in [0.4, 0.5) is 0 Å². The molecular weight excluding hydrogens is 452 g/mol. The molecular formula is C30H42N2O4. The standard InChI is InChI=1S/C30H42N2O4/c1-2-3-4-5-9-14-29(33)31-26(22-32-17-10-11-18-32)30(36-23-24-12-7-6-8-13-24)25-15-16-27-28(21-25)35-20-19-34-27/h6-8,12-13,15-16,21,26,30H,2-5,9-11,14,17-20,22-23H2,1H3,(H,31,33)/t26-,30-/m1/s1. The monoisotopic (exact) mass is 494 g/mol. The van der Waals surface area contributed by atoms with E-state index in [1.807, 2.05) is 30.3 Å². The van der Waals surface area contributed by atoms with Crippen LogP contribution in [0.15, 0.2) is 48.5 Å². The highest BCUT2D eigenvalue weighted by Crippen LogP contribution is 2.35. The van der Waals surface area contributed by atoms with Crippen molar-refractivity contribution in [3.05, 3.63) is 59.7 Å². The Hall–Kier alpha value is -2.57. The van der Waals surface area contributed by atoms with Crippen molar-refractivity contribution >= 4 is 5.91 Å². The van der Waals surface area contributed by atoms with Gasteiger partial charge in [-0.3, -0.25) is 4.79 Å². The van der Waals surface area contributed by atoms with Crippen molar-refractivity contribution in [2.24, 2.45) is 0 Å². The third-order valence-corrected chi connectivity index (χ3v) is 7.04. The summed E-state index contributed by atoms with van der Waals surface area (Å²) in [7, 11) is 0. The molecule has 0 spiro atoms. The SMILES string of the molecule is CCCCCCCC(=O)N[C@H](CN1CCCC1)[C@H](OCc1ccccc1)c1ccc2c(c1)OCCO2. The van der Waals surface area contributed by atoms with Crippen LogP contribution in [0.25, 0.3) is 0 Å². The van der Waals surface area contributed by atoms with Crippen LogP contribution >= 0.6 is 0 Å². The number of likely N-dealkylation sites (tertiary alicyclic amines) is 1. The van der Waals surface area contributed by atoms with Gasteiger partial charge in [0.1, 0.15) is 19.3 Å². The molecule has 2 heterocycles. The highest BCUT2D eigenvalue weighted by Gasteiger charge is 2.30. The fourth-order valence-corrected chi connectivity index (χ4v) is 5.07. The second kappa shape index (κ2) is 14.2. The molecule has 2 aromatic rings. The first kappa shape index (κ1) is 26.5. The maximum Gasteiger partial charge on any atom is 0.220 e. The number of nitrogens with zero attached hydrogens (tertiary/aromatic N) is 1. The molecule has 196 valence electrons. The number of nitrogens with one attached hydrogen (secondary N) is 1. The van der Waals surface area contributed by atoms with E-state index < -0.39 is 0 Å². The summed E-state index contributed by atoms with van der Waals surface area (Å²) in [5, 5.41) is 3.37. The fourth-order valence-electron chi connectivity index (χ4n) is 5.07. The minimum Gasteiger partial charge on any atom is -0.486 e. The summed E-state index contributed by atoms with van der Waals surface area (Å²) in [5.74, 6) is 1.62. The van der Waals surface area contributed by atoms with Crippen molar-refractivity contribution in [3.63, 3.8) is 0 Å². The molecule has 1 N–H and O–H groups in total. The Labute approximate surface area is 216 Å². The van der Waals surface area contributed by atoms with Crippen LogP contribution in [0.5, 0.6) is 11.5 Å². The first-order valence-corrected chi connectivity index (χ1v) is 13.8. The van der Waals surface area contributed by atoms with E-state index in [1.54, 1.807) is 0 Å². The maximum absolute atomic E-state index is 13.1. The fraction of sp³-hybridized carbons (Fsp3) is 0.567. The van der Waals surface area contributed by atoms with E-state index in [0.717, 1.165) is 55.1 Å². The van der Waals surface area contributed by atoms with Crippen LogP contribution in [0.1, 0.15) is 75.5 Å². The second-order valence-electron chi connectivity index (χ2n) is 9.97. The number of unbranched alkanes of at least 4 members (excludes halogenated alkanes) is 4. The number of carbonyl (C=O) groups is 1. The molecule has 1 amide bonds. The number of amides is 1. The van der Waals surface area contributed by atoms with E-state index in [2.05, 4.69) is 35.3 Å². The summed E-state index contributed by atoms with van der Waals surface area (Å²) >= 11 is 0. The van der Waals surface area contributed by atoms with Gasteiger partial charge in [-0.25, -0.2) is 0 Å². The van der Waals surface area contributed by atoms with Gasteiger partial charge in [0.15, 0.2) is 11.5 Å². The highest BCUT2D eigenvalue weighted by molar-refractivity contribution is 5.76. The number of rotatable bonds is 14. The number of ether oxygens (including phenoxy) is 3. The minimum absolute atomic E-state index is 0.113. The Morgan fingerprint density at radius 1 is 0.972 bits per heavy atom. The van der Waals surface area contributed by atoms with Gasteiger partial charge in [0.05, 0.1) is 12.6 Å². The predicted molar refractivity (Wildman–Crippen MR) is 142 cm³/mol. The number of fused-ring (bicyclic) bond motifs is 1. The molecule has 0 bridgehead atoms. The molecule has 2 aromatic carbocycles. The van der Waals surface area contributed by atoms with Gasteiger partial charge in [-0.2, -0.15) is 0 Å². The zero-order valence-corrected chi connectivity index (χ0v) is 21.8. The highest BCUT2D eigenvalue weighted by atomic mass is 16.6. The number of hydrogen-bond acceptors (Lipinski definition) is 5. The Bertz CT molecular complexity index is 930. The zero-order valence-electron chi connectivity index (χ0n) is 21.8. The summed E-state index contributed by atoms with van der Waals surface area (Å²) in [6.07, 6.45) is 8.35. The smallest absolute Gasteiger partial charge is 0.220 e. The lowest BCUT2D eigenvalue weighted by Crippen LogP contribution is -2.47. The van der Waals surface area contributed by atoms with Gasteiger partial charge in [-0.1, -0.05) is 69.0 Å². The maximum atomic E-state index is 13.1. The normalized spacial score (nSPS) is 17.0. The quantitative estimate of drug-likeness (QED) is 0.344. The Kier molecular flexibility index (Phi) is 10.5. The summed E-state index contributed by atoms with van der Waals surface area (Å²) in [6.45, 7) is 6.69. The van der Waals surface area contributed by atoms with Gasteiger partial charge in [-0.15, -0.1) is 0 Å². The summed E-state index contributed by atoms with van der Waals surface area (Å²) in [6, 6.07) is 16.1. The largest absolute Gasteiger partial charge is 0.486 e. The van der Waals surface area contributed by atoms with Crippen LogP contribution in [0.3, 0.4) is 0 Å². The number of hydrogen-bond donors (Lipinski definition) is 1. The van der Waals surface area contributed by atoms with E-state index in [9.17, 15) is 4.79 Å². The van der Waals surface area contributed by atoms with Crippen molar-refractivity contribution in [2.45, 2.75) is 77.0 Å². The van der Waals surface area contributed by atoms with Crippen LogP contribution in [0, 0.1) is 0 Å². The van der Waals surface area contributed by atoms with Crippen LogP contribution in [0.2, 0.25) is 0 Å². The first-order chi connectivity index (χ1) is 17.7. The molecule has 1 saturated heterocycles. The topological polar surface area (TPSA) is 60.0 Å². The van der Waals surface area contributed by atoms with Crippen LogP contribution < -0.4 is 14.8 Å². The summed E-state index contributed by atoms with van der Waals surface area (Å²) < 4.78 is 18.2. The van der Waals surface area contributed by atoms with E-state index in [1.165, 1.54) is 32.1 Å². The first-order valence-electron chi connectivity index (χ1n) is 13.8. The molecule has 0 aliphatic carbocycles. The minimum atomic E-state index is -0.300. The molecule has 4 rings (SSSR count). The van der Waals surface area contributed by atoms with Crippen molar-refractivity contribution in [1.29, 1.82) is 0 Å². The summed E-state index contributed by atoms with van der Waals surface area (Å²) in [4.78, 5) is 15.5. The number of benzene rings is 2. The molecule has 36 heavy (non-hydrogen) atoms. The van der Waals surface area contributed by atoms with Gasteiger partial charge in [0.25, 0.3) is 0 Å². The Balaban J connectivity index is 1.52. The van der Waals surface area contributed by atoms with Gasteiger partial charge in [-0.05, 0) is 55.6 Å². The molecule has 6 nitrogen and oxygen atoms in total. The van der Waals surface area contributed by atoms with Crippen molar-refractivity contribution < 1.29 is 19.0 Å². The second-order valence-corrected chi connectivity index (χ2v) is 9.97. The molecule has 0 aromatic heterocycles. The Morgan fingerprint density at radius 3 is 2.50 bits per heavy atom. The van der Waals surface area contributed by atoms with E-state index in [0.29, 0.717) is 26.2 Å². The molecule has 2 aliphatic heterocycles. The van der Waals surface area contributed by atoms with Gasteiger partial charge in [0, 0.05) is 13.0 Å². The van der Waals surface area contributed by atoms with Crippen molar-refractivity contribution in [1.82, 2.24) is 10.2 Å². The lowest BCUT2D eigenvalue weighted by atomic mass is 9.99.